The van der Waals surface area contributed by atoms with Gasteiger partial charge in [0, 0.05) is 6.04 Å². The highest BCUT2D eigenvalue weighted by Crippen LogP contribution is 2.21. The van der Waals surface area contributed by atoms with Crippen LogP contribution in [-0.2, 0) is 0 Å². The molecule has 0 bridgehead atoms. The number of benzene rings is 1. The average Bonchev–Trinajstić information content (AvgIpc) is 2.22. The quantitative estimate of drug-likeness (QED) is 0.462. The van der Waals surface area contributed by atoms with Crippen molar-refractivity contribution in [2.75, 3.05) is 0 Å². The maximum absolute atomic E-state index is 12.9. The first-order chi connectivity index (χ1) is 7.10. The lowest BCUT2D eigenvalue weighted by Gasteiger charge is -2.15. The molecule has 0 aliphatic heterocycles. The molecule has 84 valence electrons. The first-order valence-electron chi connectivity index (χ1n) is 4.70. The molecule has 1 aromatic rings. The normalized spacial score (nSPS) is 12.9. The first kappa shape index (κ1) is 12.0. The minimum Gasteiger partial charge on any atom is -0.271 e. The van der Waals surface area contributed by atoms with Crippen LogP contribution >= 0.6 is 0 Å². The molecular formula is C10H13F3N2. The lowest BCUT2D eigenvalue weighted by atomic mass is 10.0. The van der Waals surface area contributed by atoms with Crippen LogP contribution < -0.4 is 11.3 Å². The van der Waals surface area contributed by atoms with E-state index < -0.39 is 17.5 Å². The molecule has 0 aliphatic rings. The molecule has 15 heavy (non-hydrogen) atoms. The third kappa shape index (κ3) is 2.70. The zero-order valence-corrected chi connectivity index (χ0v) is 8.36. The maximum atomic E-state index is 12.9. The molecule has 0 saturated heterocycles. The second-order valence-corrected chi connectivity index (χ2v) is 3.31. The standard InChI is InChI=1S/C10H13F3N2/c1-2-3-9(15-14)6-4-7(11)10(13)8(12)5-6/h4-5,9,15H,2-3,14H2,1H3. The van der Waals surface area contributed by atoms with Gasteiger partial charge in [0.25, 0.3) is 0 Å². The zero-order valence-electron chi connectivity index (χ0n) is 8.36. The van der Waals surface area contributed by atoms with Crippen LogP contribution in [-0.4, -0.2) is 0 Å². The van der Waals surface area contributed by atoms with Crippen molar-refractivity contribution in [3.05, 3.63) is 35.1 Å². The summed E-state index contributed by atoms with van der Waals surface area (Å²) < 4.78 is 38.4. The number of hydrazine groups is 1. The van der Waals surface area contributed by atoms with E-state index in [2.05, 4.69) is 5.43 Å². The van der Waals surface area contributed by atoms with Crippen molar-refractivity contribution in [2.24, 2.45) is 5.84 Å². The van der Waals surface area contributed by atoms with Gasteiger partial charge in [0.15, 0.2) is 17.5 Å². The Kier molecular flexibility index (Phi) is 4.11. The van der Waals surface area contributed by atoms with Gasteiger partial charge in [-0.3, -0.25) is 11.3 Å². The Bertz CT molecular complexity index is 318. The van der Waals surface area contributed by atoms with Gasteiger partial charge in [-0.25, -0.2) is 13.2 Å². The van der Waals surface area contributed by atoms with Gasteiger partial charge in [-0.05, 0) is 24.1 Å². The van der Waals surface area contributed by atoms with Gasteiger partial charge in [0.2, 0.25) is 0 Å². The topological polar surface area (TPSA) is 38.0 Å². The van der Waals surface area contributed by atoms with Gasteiger partial charge < -0.3 is 0 Å². The number of halogens is 3. The highest BCUT2D eigenvalue weighted by molar-refractivity contribution is 5.22. The Morgan fingerprint density at radius 2 is 1.80 bits per heavy atom. The predicted octanol–water partition coefficient (Wildman–Crippen LogP) is 2.41. The summed E-state index contributed by atoms with van der Waals surface area (Å²) in [5, 5.41) is 0. The smallest absolute Gasteiger partial charge is 0.194 e. The molecule has 2 nitrogen and oxygen atoms in total. The Morgan fingerprint density at radius 3 is 2.20 bits per heavy atom. The molecule has 3 N–H and O–H groups in total. The Morgan fingerprint density at radius 1 is 1.27 bits per heavy atom. The van der Waals surface area contributed by atoms with Crippen LogP contribution in [0.25, 0.3) is 0 Å². The minimum absolute atomic E-state index is 0.316. The van der Waals surface area contributed by atoms with Crippen molar-refractivity contribution in [1.29, 1.82) is 0 Å². The summed E-state index contributed by atoms with van der Waals surface area (Å²) in [6.07, 6.45) is 1.43. The maximum Gasteiger partial charge on any atom is 0.194 e. The molecule has 0 saturated carbocycles. The summed E-state index contributed by atoms with van der Waals surface area (Å²) in [5.74, 6) is 1.40. The van der Waals surface area contributed by atoms with Gasteiger partial charge in [-0.1, -0.05) is 13.3 Å². The van der Waals surface area contributed by atoms with Crippen LogP contribution in [0.15, 0.2) is 12.1 Å². The van der Waals surface area contributed by atoms with Crippen molar-refractivity contribution in [1.82, 2.24) is 5.43 Å². The van der Waals surface area contributed by atoms with Crippen LogP contribution in [0.3, 0.4) is 0 Å². The minimum atomic E-state index is -1.45. The summed E-state index contributed by atoms with van der Waals surface area (Å²) >= 11 is 0. The summed E-state index contributed by atoms with van der Waals surface area (Å²) in [7, 11) is 0. The highest BCUT2D eigenvalue weighted by Gasteiger charge is 2.15. The largest absolute Gasteiger partial charge is 0.271 e. The van der Waals surface area contributed by atoms with Gasteiger partial charge in [0.05, 0.1) is 0 Å². The van der Waals surface area contributed by atoms with E-state index in [1.807, 2.05) is 6.92 Å². The number of hydrogen-bond donors (Lipinski definition) is 2. The molecule has 0 radical (unpaired) electrons. The first-order valence-corrected chi connectivity index (χ1v) is 4.70. The Hall–Kier alpha value is -1.07. The number of nitrogens with two attached hydrogens (primary N) is 1. The highest BCUT2D eigenvalue weighted by atomic mass is 19.2. The van der Waals surface area contributed by atoms with E-state index >= 15 is 0 Å². The van der Waals surface area contributed by atoms with E-state index in [0.717, 1.165) is 18.6 Å². The SMILES string of the molecule is CCCC(NN)c1cc(F)c(F)c(F)c1. The fraction of sp³-hybridized carbons (Fsp3) is 0.400. The van der Waals surface area contributed by atoms with E-state index in [1.165, 1.54) is 0 Å². The number of hydrogen-bond acceptors (Lipinski definition) is 2. The van der Waals surface area contributed by atoms with Crippen molar-refractivity contribution >= 4 is 0 Å². The summed E-state index contributed by atoms with van der Waals surface area (Å²) in [4.78, 5) is 0. The Balaban J connectivity index is 3.03. The molecule has 0 heterocycles. The van der Waals surface area contributed by atoms with Gasteiger partial charge >= 0.3 is 0 Å². The van der Waals surface area contributed by atoms with Crippen LogP contribution in [0.1, 0.15) is 31.4 Å². The molecule has 1 atom stereocenters. The molecule has 1 unspecified atom stereocenters. The molecule has 1 aromatic carbocycles. The predicted molar refractivity (Wildman–Crippen MR) is 51.3 cm³/mol. The van der Waals surface area contributed by atoms with E-state index in [-0.39, 0.29) is 6.04 Å². The monoisotopic (exact) mass is 218 g/mol. The van der Waals surface area contributed by atoms with Crippen molar-refractivity contribution in [3.63, 3.8) is 0 Å². The third-order valence-corrected chi connectivity index (χ3v) is 2.19. The lowest BCUT2D eigenvalue weighted by molar-refractivity contribution is 0.436. The second kappa shape index (κ2) is 5.14. The van der Waals surface area contributed by atoms with Gasteiger partial charge in [-0.2, -0.15) is 0 Å². The third-order valence-electron chi connectivity index (χ3n) is 2.19. The molecule has 5 heteroatoms. The zero-order chi connectivity index (χ0) is 11.4. The van der Waals surface area contributed by atoms with Gasteiger partial charge in [0.1, 0.15) is 0 Å². The van der Waals surface area contributed by atoms with E-state index in [9.17, 15) is 13.2 Å². The van der Waals surface area contributed by atoms with E-state index in [4.69, 9.17) is 5.84 Å². The lowest BCUT2D eigenvalue weighted by Crippen LogP contribution is -2.28. The number of rotatable bonds is 4. The summed E-state index contributed by atoms with van der Waals surface area (Å²) in [6, 6.07) is 1.55. The van der Waals surface area contributed by atoms with Crippen molar-refractivity contribution in [3.8, 4) is 0 Å². The Labute approximate surface area is 86.2 Å². The molecule has 0 spiro atoms. The molecular weight excluding hydrogens is 205 g/mol. The van der Waals surface area contributed by atoms with Crippen molar-refractivity contribution < 1.29 is 13.2 Å². The van der Waals surface area contributed by atoms with E-state index in [1.54, 1.807) is 0 Å². The second-order valence-electron chi connectivity index (χ2n) is 3.31. The number of nitrogens with one attached hydrogen (secondary N) is 1. The molecule has 0 amide bonds. The molecule has 1 rings (SSSR count). The van der Waals surface area contributed by atoms with Crippen molar-refractivity contribution in [2.45, 2.75) is 25.8 Å². The fourth-order valence-corrected chi connectivity index (χ4v) is 1.41. The average molecular weight is 218 g/mol. The molecule has 0 aliphatic carbocycles. The fourth-order valence-electron chi connectivity index (χ4n) is 1.41. The van der Waals surface area contributed by atoms with E-state index in [0.29, 0.717) is 12.0 Å². The van der Waals surface area contributed by atoms with Crippen LogP contribution in [0.4, 0.5) is 13.2 Å². The van der Waals surface area contributed by atoms with Crippen LogP contribution in [0.2, 0.25) is 0 Å². The van der Waals surface area contributed by atoms with Crippen LogP contribution in [0.5, 0.6) is 0 Å². The summed E-state index contributed by atoms with van der Waals surface area (Å²) in [5.41, 5.74) is 2.75. The summed E-state index contributed by atoms with van der Waals surface area (Å²) in [6.45, 7) is 1.92. The van der Waals surface area contributed by atoms with Crippen LogP contribution in [0, 0.1) is 17.5 Å². The van der Waals surface area contributed by atoms with Gasteiger partial charge in [-0.15, -0.1) is 0 Å². The molecule has 0 fully saturated rings. The molecule has 0 aromatic heterocycles.